The Labute approximate surface area is 108 Å². The topological polar surface area (TPSA) is 74.2 Å². The van der Waals surface area contributed by atoms with Gasteiger partial charge < -0.3 is 15.0 Å². The summed E-state index contributed by atoms with van der Waals surface area (Å²) < 4.78 is 10.9. The van der Waals surface area contributed by atoms with Crippen molar-refractivity contribution >= 4 is 0 Å². The van der Waals surface area contributed by atoms with Crippen LogP contribution in [0.25, 0.3) is 0 Å². The van der Waals surface area contributed by atoms with Crippen LogP contribution in [0.15, 0.2) is 4.52 Å². The van der Waals surface area contributed by atoms with E-state index in [9.17, 15) is 0 Å². The molecule has 1 heterocycles. The van der Waals surface area contributed by atoms with Crippen molar-refractivity contribution in [3.05, 3.63) is 11.7 Å². The van der Waals surface area contributed by atoms with Gasteiger partial charge in [-0.2, -0.15) is 4.98 Å². The van der Waals surface area contributed by atoms with Crippen molar-refractivity contribution in [2.75, 3.05) is 7.11 Å². The maximum absolute atomic E-state index is 6.48. The van der Waals surface area contributed by atoms with Crippen molar-refractivity contribution in [3.63, 3.8) is 0 Å². The van der Waals surface area contributed by atoms with Gasteiger partial charge in [0.1, 0.15) is 5.54 Å². The molecule has 0 radical (unpaired) electrons. The second-order valence-corrected chi connectivity index (χ2v) is 6.18. The van der Waals surface area contributed by atoms with Crippen LogP contribution in [0.1, 0.15) is 58.2 Å². The molecule has 2 N–H and O–H groups in total. The molecule has 0 bridgehead atoms. The average molecular weight is 253 g/mol. The maximum Gasteiger partial charge on any atom is 0.232 e. The molecule has 0 spiro atoms. The molecule has 102 valence electrons. The largest absolute Gasteiger partial charge is 0.379 e. The molecule has 2 unspecified atom stereocenters. The van der Waals surface area contributed by atoms with Crippen LogP contribution in [-0.4, -0.2) is 23.4 Å². The van der Waals surface area contributed by atoms with Crippen LogP contribution >= 0.6 is 0 Å². The molecule has 1 aromatic heterocycles. The Balaban J connectivity index is 2.31. The van der Waals surface area contributed by atoms with Gasteiger partial charge in [-0.25, -0.2) is 0 Å². The lowest BCUT2D eigenvalue weighted by Crippen LogP contribution is -2.51. The Morgan fingerprint density at radius 2 is 2.11 bits per heavy atom. The average Bonchev–Trinajstić information content (AvgIpc) is 2.79. The molecule has 18 heavy (non-hydrogen) atoms. The van der Waals surface area contributed by atoms with E-state index in [2.05, 4.69) is 10.1 Å². The highest BCUT2D eigenvalue weighted by Crippen LogP contribution is 2.36. The van der Waals surface area contributed by atoms with Gasteiger partial charge in [-0.05, 0) is 12.8 Å². The lowest BCUT2D eigenvalue weighted by Gasteiger charge is -2.37. The van der Waals surface area contributed by atoms with Crippen LogP contribution in [0, 0.1) is 0 Å². The van der Waals surface area contributed by atoms with Gasteiger partial charge in [0.15, 0.2) is 5.82 Å². The van der Waals surface area contributed by atoms with E-state index in [4.69, 9.17) is 15.0 Å². The number of hydrogen-bond acceptors (Lipinski definition) is 5. The first-order valence-corrected chi connectivity index (χ1v) is 6.54. The number of rotatable bonds is 2. The monoisotopic (exact) mass is 253 g/mol. The molecule has 1 aromatic rings. The van der Waals surface area contributed by atoms with Gasteiger partial charge in [-0.3, -0.25) is 0 Å². The lowest BCUT2D eigenvalue weighted by atomic mass is 9.79. The summed E-state index contributed by atoms with van der Waals surface area (Å²) in [4.78, 5) is 4.49. The third-order valence-corrected chi connectivity index (χ3v) is 3.65. The zero-order valence-electron chi connectivity index (χ0n) is 11.7. The zero-order chi connectivity index (χ0) is 13.4. The summed E-state index contributed by atoms with van der Waals surface area (Å²) in [5.41, 5.74) is 5.72. The van der Waals surface area contributed by atoms with E-state index in [0.29, 0.717) is 11.7 Å². The Kier molecular flexibility index (Phi) is 3.47. The number of methoxy groups -OCH3 is 1. The standard InChI is InChI=1S/C13H23N3O2/c1-12(2,3)11-15-10(16-18-11)13(14)8-6-5-7-9(13)17-4/h9H,5-8,14H2,1-4H3. The number of hydrogen-bond donors (Lipinski definition) is 1. The van der Waals surface area contributed by atoms with Crippen LogP contribution < -0.4 is 5.73 Å². The summed E-state index contributed by atoms with van der Waals surface area (Å²) in [7, 11) is 1.70. The molecule has 0 aromatic carbocycles. The Bertz CT molecular complexity index is 411. The van der Waals surface area contributed by atoms with Crippen molar-refractivity contribution < 1.29 is 9.26 Å². The molecule has 5 heteroatoms. The highest BCUT2D eigenvalue weighted by Gasteiger charge is 2.43. The van der Waals surface area contributed by atoms with E-state index in [1.165, 1.54) is 0 Å². The molecule has 2 atom stereocenters. The van der Waals surface area contributed by atoms with E-state index in [0.717, 1.165) is 25.7 Å². The molecule has 2 rings (SSSR count). The molecule has 0 saturated heterocycles. The smallest absolute Gasteiger partial charge is 0.232 e. The van der Waals surface area contributed by atoms with E-state index >= 15 is 0 Å². The van der Waals surface area contributed by atoms with Gasteiger partial charge in [-0.1, -0.05) is 38.8 Å². The predicted octanol–water partition coefficient (Wildman–Crippen LogP) is 2.11. The number of nitrogens with zero attached hydrogens (tertiary/aromatic N) is 2. The first-order valence-electron chi connectivity index (χ1n) is 6.54. The van der Waals surface area contributed by atoms with Gasteiger partial charge in [0.2, 0.25) is 5.89 Å². The molecule has 1 fully saturated rings. The second-order valence-electron chi connectivity index (χ2n) is 6.18. The van der Waals surface area contributed by atoms with Gasteiger partial charge in [0.05, 0.1) is 6.10 Å². The lowest BCUT2D eigenvalue weighted by molar-refractivity contribution is -0.000963. The normalized spacial score (nSPS) is 29.5. The molecular weight excluding hydrogens is 230 g/mol. The van der Waals surface area contributed by atoms with E-state index in [1.54, 1.807) is 7.11 Å². The summed E-state index contributed by atoms with van der Waals surface area (Å²) in [6, 6.07) is 0. The fraction of sp³-hybridized carbons (Fsp3) is 0.846. The molecular formula is C13H23N3O2. The van der Waals surface area contributed by atoms with Crippen molar-refractivity contribution in [2.45, 2.75) is 63.5 Å². The number of nitrogens with two attached hydrogens (primary N) is 1. The van der Waals surface area contributed by atoms with Crippen molar-refractivity contribution in [2.24, 2.45) is 5.73 Å². The highest BCUT2D eigenvalue weighted by atomic mass is 16.5. The predicted molar refractivity (Wildman–Crippen MR) is 68.1 cm³/mol. The third kappa shape index (κ3) is 2.29. The minimum atomic E-state index is -0.611. The fourth-order valence-corrected chi connectivity index (χ4v) is 2.47. The Hall–Kier alpha value is -0.940. The minimum Gasteiger partial charge on any atom is -0.379 e. The quantitative estimate of drug-likeness (QED) is 0.873. The van der Waals surface area contributed by atoms with E-state index < -0.39 is 5.54 Å². The highest BCUT2D eigenvalue weighted by molar-refractivity contribution is 5.11. The van der Waals surface area contributed by atoms with E-state index in [-0.39, 0.29) is 11.5 Å². The molecule has 1 saturated carbocycles. The van der Waals surface area contributed by atoms with Gasteiger partial charge >= 0.3 is 0 Å². The van der Waals surface area contributed by atoms with Crippen LogP contribution in [0.3, 0.4) is 0 Å². The van der Waals surface area contributed by atoms with Crippen LogP contribution in [0.5, 0.6) is 0 Å². The summed E-state index contributed by atoms with van der Waals surface area (Å²) in [6.07, 6.45) is 3.98. The van der Waals surface area contributed by atoms with Crippen LogP contribution in [-0.2, 0) is 15.7 Å². The SMILES string of the molecule is COC1CCCCC1(N)c1noc(C(C)(C)C)n1. The van der Waals surface area contributed by atoms with Crippen molar-refractivity contribution in [1.82, 2.24) is 10.1 Å². The fourth-order valence-electron chi connectivity index (χ4n) is 2.47. The summed E-state index contributed by atoms with van der Waals surface area (Å²) in [5.74, 6) is 1.21. The molecule has 0 amide bonds. The molecule has 1 aliphatic carbocycles. The van der Waals surface area contributed by atoms with Crippen molar-refractivity contribution in [1.29, 1.82) is 0 Å². The van der Waals surface area contributed by atoms with Crippen LogP contribution in [0.4, 0.5) is 0 Å². The van der Waals surface area contributed by atoms with Crippen LogP contribution in [0.2, 0.25) is 0 Å². The summed E-state index contributed by atoms with van der Waals surface area (Å²) >= 11 is 0. The zero-order valence-corrected chi connectivity index (χ0v) is 11.7. The first-order chi connectivity index (χ1) is 8.38. The third-order valence-electron chi connectivity index (χ3n) is 3.65. The number of aromatic nitrogens is 2. The van der Waals surface area contributed by atoms with Crippen molar-refractivity contribution in [3.8, 4) is 0 Å². The Morgan fingerprint density at radius 3 is 2.67 bits per heavy atom. The van der Waals surface area contributed by atoms with Gasteiger partial charge in [0.25, 0.3) is 0 Å². The second kappa shape index (κ2) is 4.63. The van der Waals surface area contributed by atoms with E-state index in [1.807, 2.05) is 20.8 Å². The molecule has 0 aliphatic heterocycles. The molecule has 5 nitrogen and oxygen atoms in total. The van der Waals surface area contributed by atoms with Gasteiger partial charge in [-0.15, -0.1) is 0 Å². The minimum absolute atomic E-state index is 0.0309. The molecule has 1 aliphatic rings. The Morgan fingerprint density at radius 1 is 1.39 bits per heavy atom. The number of ether oxygens (including phenoxy) is 1. The summed E-state index contributed by atoms with van der Waals surface area (Å²) in [6.45, 7) is 6.13. The summed E-state index contributed by atoms with van der Waals surface area (Å²) in [5, 5.41) is 4.09. The maximum atomic E-state index is 6.48. The van der Waals surface area contributed by atoms with Gasteiger partial charge in [0, 0.05) is 12.5 Å². The first kappa shape index (κ1) is 13.5.